The number of morpholine rings is 1. The van der Waals surface area contributed by atoms with Gasteiger partial charge in [-0.15, -0.1) is 0 Å². The number of nitrogens with one attached hydrogen (secondary N) is 1. The van der Waals surface area contributed by atoms with E-state index in [1.807, 2.05) is 30.3 Å². The van der Waals surface area contributed by atoms with Gasteiger partial charge in [-0.05, 0) is 61.0 Å². The maximum absolute atomic E-state index is 12.8. The van der Waals surface area contributed by atoms with E-state index < -0.39 is 16.1 Å². The quantitative estimate of drug-likeness (QED) is 0.486. The summed E-state index contributed by atoms with van der Waals surface area (Å²) in [5.74, 6) is 0.930. The summed E-state index contributed by atoms with van der Waals surface area (Å²) in [6.07, 6.45) is -0.684. The first kappa shape index (κ1) is 24.6. The van der Waals surface area contributed by atoms with Crippen LogP contribution in [0.25, 0.3) is 0 Å². The number of rotatable bonds is 9. The number of nitrogens with zero attached hydrogens (tertiary/aromatic N) is 1. The molecule has 0 saturated carbocycles. The summed E-state index contributed by atoms with van der Waals surface area (Å²) in [5.41, 5.74) is 1.46. The van der Waals surface area contributed by atoms with Crippen molar-refractivity contribution in [2.45, 2.75) is 24.5 Å². The second kappa shape index (κ2) is 11.2. The molecule has 1 aliphatic rings. The highest BCUT2D eigenvalue weighted by Gasteiger charge is 2.24. The maximum Gasteiger partial charge on any atom is 0.263 e. The largest absolute Gasteiger partial charge is 0.489 e. The van der Waals surface area contributed by atoms with Crippen LogP contribution in [-0.2, 0) is 26.2 Å². The predicted molar refractivity (Wildman–Crippen MR) is 132 cm³/mol. The van der Waals surface area contributed by atoms with Crippen molar-refractivity contribution < 1.29 is 27.4 Å². The third kappa shape index (κ3) is 6.74. The van der Waals surface area contributed by atoms with Gasteiger partial charge in [0.25, 0.3) is 15.9 Å². The third-order valence-electron chi connectivity index (χ3n) is 5.47. The molecule has 8 nitrogen and oxygen atoms in total. The molecule has 1 amide bonds. The number of carbonyl (C=O) groups excluding carboxylic acids is 1. The van der Waals surface area contributed by atoms with Crippen LogP contribution in [0.5, 0.6) is 11.5 Å². The van der Waals surface area contributed by atoms with Gasteiger partial charge in [-0.25, -0.2) is 8.42 Å². The molecule has 1 aliphatic heterocycles. The van der Waals surface area contributed by atoms with Gasteiger partial charge in [0.15, 0.2) is 6.10 Å². The molecule has 3 aromatic rings. The van der Waals surface area contributed by atoms with Gasteiger partial charge >= 0.3 is 0 Å². The first-order valence-electron chi connectivity index (χ1n) is 11.3. The molecule has 3 aromatic carbocycles. The molecule has 1 saturated heterocycles. The SMILES string of the molecule is C[C@H](Oc1ccc(S(=O)(=O)Nc2ccc(OCc3ccccc3)cc2)cc1)C(=O)N1CCOCC1. The van der Waals surface area contributed by atoms with Gasteiger partial charge in [0.1, 0.15) is 18.1 Å². The Kier molecular flexibility index (Phi) is 7.89. The van der Waals surface area contributed by atoms with Crippen LogP contribution >= 0.6 is 0 Å². The van der Waals surface area contributed by atoms with Crippen molar-refractivity contribution in [2.75, 3.05) is 31.0 Å². The zero-order chi connectivity index (χ0) is 24.7. The van der Waals surface area contributed by atoms with Gasteiger partial charge in [0, 0.05) is 18.8 Å². The van der Waals surface area contributed by atoms with E-state index in [0.717, 1.165) is 5.56 Å². The lowest BCUT2D eigenvalue weighted by Gasteiger charge is -2.29. The average Bonchev–Trinajstić information content (AvgIpc) is 2.89. The minimum Gasteiger partial charge on any atom is -0.489 e. The molecule has 1 fully saturated rings. The summed E-state index contributed by atoms with van der Waals surface area (Å²) in [4.78, 5) is 14.3. The van der Waals surface area contributed by atoms with E-state index in [4.69, 9.17) is 14.2 Å². The van der Waals surface area contributed by atoms with Crippen LogP contribution < -0.4 is 14.2 Å². The van der Waals surface area contributed by atoms with Gasteiger partial charge < -0.3 is 19.1 Å². The van der Waals surface area contributed by atoms with E-state index in [-0.39, 0.29) is 10.8 Å². The van der Waals surface area contributed by atoms with Crippen LogP contribution in [0.4, 0.5) is 5.69 Å². The molecular weight excluding hydrogens is 468 g/mol. The summed E-state index contributed by atoms with van der Waals surface area (Å²) in [6, 6.07) is 22.5. The standard InChI is InChI=1S/C26H28N2O6S/c1-20(26(29)28-15-17-32-18-16-28)34-24-11-13-25(14-12-24)35(30,31)27-22-7-9-23(10-8-22)33-19-21-5-3-2-4-6-21/h2-14,20,27H,15-19H2,1H3/t20-/m0/s1. The Labute approximate surface area is 205 Å². The molecule has 9 heteroatoms. The van der Waals surface area contributed by atoms with E-state index >= 15 is 0 Å². The molecule has 0 radical (unpaired) electrons. The van der Waals surface area contributed by atoms with Gasteiger partial charge in [-0.2, -0.15) is 0 Å². The molecule has 1 N–H and O–H groups in total. The predicted octanol–water partition coefficient (Wildman–Crippen LogP) is 3.69. The second-order valence-electron chi connectivity index (χ2n) is 8.07. The molecule has 0 unspecified atom stereocenters. The van der Waals surface area contributed by atoms with E-state index in [1.54, 1.807) is 36.1 Å². The second-order valence-corrected chi connectivity index (χ2v) is 9.76. The van der Waals surface area contributed by atoms with Crippen molar-refractivity contribution in [1.82, 2.24) is 4.90 Å². The first-order chi connectivity index (χ1) is 16.9. The lowest BCUT2D eigenvalue weighted by molar-refractivity contribution is -0.142. The van der Waals surface area contributed by atoms with Crippen LogP contribution in [0.3, 0.4) is 0 Å². The van der Waals surface area contributed by atoms with Crippen LogP contribution in [0, 0.1) is 0 Å². The van der Waals surface area contributed by atoms with Crippen molar-refractivity contribution in [2.24, 2.45) is 0 Å². The topological polar surface area (TPSA) is 94.2 Å². The summed E-state index contributed by atoms with van der Waals surface area (Å²) in [6.45, 7) is 4.21. The summed E-state index contributed by atoms with van der Waals surface area (Å²) >= 11 is 0. The zero-order valence-corrected chi connectivity index (χ0v) is 20.2. The van der Waals surface area contributed by atoms with Gasteiger partial charge in [0.2, 0.25) is 0 Å². The molecule has 0 aromatic heterocycles. The number of carbonyl (C=O) groups is 1. The number of hydrogen-bond donors (Lipinski definition) is 1. The number of hydrogen-bond acceptors (Lipinski definition) is 6. The van der Waals surface area contributed by atoms with Crippen LogP contribution in [0.15, 0.2) is 83.8 Å². The fourth-order valence-corrected chi connectivity index (χ4v) is 4.63. The Morgan fingerprint density at radius 1 is 0.943 bits per heavy atom. The molecule has 35 heavy (non-hydrogen) atoms. The highest BCUT2D eigenvalue weighted by molar-refractivity contribution is 7.92. The Morgan fingerprint density at radius 3 is 2.23 bits per heavy atom. The van der Waals surface area contributed by atoms with Crippen LogP contribution in [0.1, 0.15) is 12.5 Å². The Morgan fingerprint density at radius 2 is 1.57 bits per heavy atom. The van der Waals surface area contributed by atoms with Crippen molar-refractivity contribution in [3.63, 3.8) is 0 Å². The minimum atomic E-state index is -3.80. The number of benzene rings is 3. The highest BCUT2D eigenvalue weighted by Crippen LogP contribution is 2.22. The lowest BCUT2D eigenvalue weighted by Crippen LogP contribution is -2.46. The summed E-state index contributed by atoms with van der Waals surface area (Å²) in [5, 5.41) is 0. The van der Waals surface area contributed by atoms with Crippen molar-refractivity contribution in [3.05, 3.63) is 84.4 Å². The van der Waals surface area contributed by atoms with Crippen LogP contribution in [0.2, 0.25) is 0 Å². The number of sulfonamides is 1. The molecule has 0 bridgehead atoms. The lowest BCUT2D eigenvalue weighted by atomic mass is 10.2. The average molecular weight is 497 g/mol. The molecule has 0 spiro atoms. The number of amides is 1. The normalized spacial score (nSPS) is 14.7. The molecule has 4 rings (SSSR count). The summed E-state index contributed by atoms with van der Waals surface area (Å²) in [7, 11) is -3.80. The zero-order valence-electron chi connectivity index (χ0n) is 19.4. The molecule has 1 heterocycles. The smallest absolute Gasteiger partial charge is 0.263 e. The monoisotopic (exact) mass is 496 g/mol. The van der Waals surface area contributed by atoms with Crippen molar-refractivity contribution in [3.8, 4) is 11.5 Å². The minimum absolute atomic E-state index is 0.0846. The Bertz CT molecular complexity index is 1210. The number of anilines is 1. The molecule has 0 aliphatic carbocycles. The van der Waals surface area contributed by atoms with E-state index in [1.165, 1.54) is 24.3 Å². The van der Waals surface area contributed by atoms with E-state index in [2.05, 4.69) is 4.72 Å². The first-order valence-corrected chi connectivity index (χ1v) is 12.8. The maximum atomic E-state index is 12.8. The van der Waals surface area contributed by atoms with E-state index in [0.29, 0.717) is 50.1 Å². The summed E-state index contributed by atoms with van der Waals surface area (Å²) < 4.78 is 44.9. The van der Waals surface area contributed by atoms with Crippen molar-refractivity contribution >= 4 is 21.6 Å². The Balaban J connectivity index is 1.32. The van der Waals surface area contributed by atoms with Crippen LogP contribution in [-0.4, -0.2) is 51.6 Å². The van der Waals surface area contributed by atoms with Gasteiger partial charge in [-0.3, -0.25) is 9.52 Å². The van der Waals surface area contributed by atoms with Gasteiger partial charge in [0.05, 0.1) is 18.1 Å². The Hall–Kier alpha value is -3.56. The molecular formula is C26H28N2O6S. The van der Waals surface area contributed by atoms with Crippen molar-refractivity contribution in [1.29, 1.82) is 0 Å². The third-order valence-corrected chi connectivity index (χ3v) is 6.87. The number of ether oxygens (including phenoxy) is 3. The fraction of sp³-hybridized carbons (Fsp3) is 0.269. The molecule has 184 valence electrons. The fourth-order valence-electron chi connectivity index (χ4n) is 3.57. The highest BCUT2D eigenvalue weighted by atomic mass is 32.2. The van der Waals surface area contributed by atoms with E-state index in [9.17, 15) is 13.2 Å². The molecule has 1 atom stereocenters. The van der Waals surface area contributed by atoms with Gasteiger partial charge in [-0.1, -0.05) is 30.3 Å².